The third-order valence-electron chi connectivity index (χ3n) is 2.24. The zero-order valence-electron chi connectivity index (χ0n) is 8.10. The minimum absolute atomic E-state index is 0.327. The average molecular weight is 222 g/mol. The lowest BCUT2D eigenvalue weighted by Gasteiger charge is -2.03. The molecule has 78 valence electrons. The van der Waals surface area contributed by atoms with E-state index >= 15 is 0 Å². The van der Waals surface area contributed by atoms with Gasteiger partial charge in [-0.3, -0.25) is 0 Å². The second-order valence-electron chi connectivity index (χ2n) is 3.39. The Bertz CT molecular complexity index is 514. The molecule has 0 saturated carbocycles. The number of thiophene rings is 1. The third kappa shape index (κ3) is 1.86. The van der Waals surface area contributed by atoms with E-state index < -0.39 is 12.1 Å². The van der Waals surface area contributed by atoms with Gasteiger partial charge < -0.3 is 10.2 Å². The molecule has 0 radical (unpaired) electrons. The van der Waals surface area contributed by atoms with Crippen molar-refractivity contribution in [2.45, 2.75) is 13.0 Å². The Morgan fingerprint density at radius 2 is 2.13 bits per heavy atom. The minimum Gasteiger partial charge on any atom is -0.477 e. The molecule has 0 saturated heterocycles. The summed E-state index contributed by atoms with van der Waals surface area (Å²) in [5, 5.41) is 19.1. The maximum atomic E-state index is 10.8. The van der Waals surface area contributed by atoms with Crippen molar-refractivity contribution in [2.24, 2.45) is 0 Å². The summed E-state index contributed by atoms with van der Waals surface area (Å²) >= 11 is 1.23. The van der Waals surface area contributed by atoms with Gasteiger partial charge in [-0.15, -0.1) is 11.3 Å². The number of carboxylic acid groups (broad SMARTS) is 1. The molecule has 0 fully saturated rings. The van der Waals surface area contributed by atoms with E-state index in [1.165, 1.54) is 11.3 Å². The van der Waals surface area contributed by atoms with Crippen LogP contribution in [-0.2, 0) is 0 Å². The van der Waals surface area contributed by atoms with Crippen LogP contribution in [0.4, 0.5) is 0 Å². The highest BCUT2D eigenvalue weighted by Gasteiger charge is 2.09. The Kier molecular flexibility index (Phi) is 2.46. The molecule has 0 aliphatic rings. The molecule has 0 spiro atoms. The third-order valence-corrected chi connectivity index (χ3v) is 3.32. The fraction of sp³-hybridized carbons (Fsp3) is 0.182. The zero-order chi connectivity index (χ0) is 11.0. The second-order valence-corrected chi connectivity index (χ2v) is 4.47. The lowest BCUT2D eigenvalue weighted by Crippen LogP contribution is -1.89. The largest absolute Gasteiger partial charge is 0.477 e. The Morgan fingerprint density at radius 1 is 1.40 bits per heavy atom. The summed E-state index contributed by atoms with van der Waals surface area (Å²) < 4.78 is 0.894. The van der Waals surface area contributed by atoms with Crippen molar-refractivity contribution in [3.8, 4) is 0 Å². The molecular weight excluding hydrogens is 212 g/mol. The summed E-state index contributed by atoms with van der Waals surface area (Å²) in [5.74, 6) is -0.908. The highest BCUT2D eigenvalue weighted by molar-refractivity contribution is 7.20. The molecule has 1 unspecified atom stereocenters. The van der Waals surface area contributed by atoms with Crippen molar-refractivity contribution in [3.05, 3.63) is 34.7 Å². The van der Waals surface area contributed by atoms with Gasteiger partial charge in [0.05, 0.1) is 6.10 Å². The molecule has 0 amide bonds. The van der Waals surface area contributed by atoms with Gasteiger partial charge in [-0.2, -0.15) is 0 Å². The predicted octanol–water partition coefficient (Wildman–Crippen LogP) is 2.65. The molecule has 4 heteroatoms. The first-order valence-corrected chi connectivity index (χ1v) is 5.34. The Labute approximate surface area is 90.6 Å². The van der Waals surface area contributed by atoms with Gasteiger partial charge in [-0.1, -0.05) is 12.1 Å². The van der Waals surface area contributed by atoms with Crippen LogP contribution in [0.15, 0.2) is 24.3 Å². The first-order valence-electron chi connectivity index (χ1n) is 4.53. The summed E-state index contributed by atoms with van der Waals surface area (Å²) in [7, 11) is 0. The van der Waals surface area contributed by atoms with E-state index in [-0.39, 0.29) is 0 Å². The number of benzene rings is 1. The molecule has 15 heavy (non-hydrogen) atoms. The molecule has 3 nitrogen and oxygen atoms in total. The van der Waals surface area contributed by atoms with Crippen molar-refractivity contribution in [1.29, 1.82) is 0 Å². The van der Waals surface area contributed by atoms with E-state index in [0.717, 1.165) is 15.6 Å². The maximum Gasteiger partial charge on any atom is 0.345 e. The van der Waals surface area contributed by atoms with Crippen LogP contribution in [0.2, 0.25) is 0 Å². The fourth-order valence-electron chi connectivity index (χ4n) is 1.41. The molecule has 0 bridgehead atoms. The van der Waals surface area contributed by atoms with Crippen molar-refractivity contribution in [1.82, 2.24) is 0 Å². The fourth-order valence-corrected chi connectivity index (χ4v) is 2.36. The number of hydrogen-bond donors (Lipinski definition) is 2. The molecule has 2 aromatic rings. The number of carboxylic acids is 1. The molecule has 1 aromatic carbocycles. The van der Waals surface area contributed by atoms with E-state index in [4.69, 9.17) is 5.11 Å². The minimum atomic E-state index is -0.908. The standard InChI is InChI=1S/C11H10O3S/c1-6(12)7-2-3-8-5-10(11(13)14)15-9(8)4-7/h2-6,12H,1H3,(H,13,14). The lowest BCUT2D eigenvalue weighted by molar-refractivity contribution is 0.0702. The van der Waals surface area contributed by atoms with Gasteiger partial charge >= 0.3 is 5.97 Å². The van der Waals surface area contributed by atoms with Crippen molar-refractivity contribution in [3.63, 3.8) is 0 Å². The van der Waals surface area contributed by atoms with Crippen LogP contribution >= 0.6 is 11.3 Å². The number of aliphatic hydroxyl groups excluding tert-OH is 1. The highest BCUT2D eigenvalue weighted by atomic mass is 32.1. The molecule has 1 aromatic heterocycles. The number of rotatable bonds is 2. The molecule has 0 aliphatic heterocycles. The highest BCUT2D eigenvalue weighted by Crippen LogP contribution is 2.28. The molecule has 1 atom stereocenters. The molecular formula is C11H10O3S. The van der Waals surface area contributed by atoms with Crippen LogP contribution in [0.25, 0.3) is 10.1 Å². The van der Waals surface area contributed by atoms with Gasteiger partial charge in [0.1, 0.15) is 4.88 Å². The lowest BCUT2D eigenvalue weighted by atomic mass is 10.1. The Balaban J connectivity index is 2.57. The first kappa shape index (κ1) is 10.1. The number of fused-ring (bicyclic) bond motifs is 1. The number of aliphatic hydroxyl groups is 1. The van der Waals surface area contributed by atoms with E-state index in [1.807, 2.05) is 18.2 Å². The second kappa shape index (κ2) is 3.64. The van der Waals surface area contributed by atoms with Crippen molar-refractivity contribution >= 4 is 27.4 Å². The maximum absolute atomic E-state index is 10.8. The van der Waals surface area contributed by atoms with Crippen LogP contribution in [0.3, 0.4) is 0 Å². The van der Waals surface area contributed by atoms with Gasteiger partial charge in [0, 0.05) is 4.70 Å². The van der Waals surface area contributed by atoms with Gasteiger partial charge in [0.25, 0.3) is 0 Å². The smallest absolute Gasteiger partial charge is 0.345 e. The Morgan fingerprint density at radius 3 is 2.73 bits per heavy atom. The normalized spacial score (nSPS) is 12.9. The summed E-state index contributed by atoms with van der Waals surface area (Å²) in [6, 6.07) is 7.12. The molecule has 2 rings (SSSR count). The van der Waals surface area contributed by atoms with Crippen LogP contribution in [0.1, 0.15) is 28.3 Å². The summed E-state index contributed by atoms with van der Waals surface area (Å²) in [6.07, 6.45) is -0.523. The number of aromatic carboxylic acids is 1. The summed E-state index contributed by atoms with van der Waals surface area (Å²) in [4.78, 5) is 11.1. The predicted molar refractivity (Wildman–Crippen MR) is 59.4 cm³/mol. The number of hydrogen-bond acceptors (Lipinski definition) is 3. The average Bonchev–Trinajstić information content (AvgIpc) is 2.59. The Hall–Kier alpha value is -1.39. The SMILES string of the molecule is CC(O)c1ccc2cc(C(=O)O)sc2c1. The number of carbonyl (C=O) groups is 1. The first-order chi connectivity index (χ1) is 7.08. The van der Waals surface area contributed by atoms with Gasteiger partial charge in [0.2, 0.25) is 0 Å². The van der Waals surface area contributed by atoms with Crippen LogP contribution < -0.4 is 0 Å². The molecule has 1 heterocycles. The zero-order valence-corrected chi connectivity index (χ0v) is 8.91. The van der Waals surface area contributed by atoms with Crippen LogP contribution in [0.5, 0.6) is 0 Å². The van der Waals surface area contributed by atoms with Gasteiger partial charge in [-0.05, 0) is 30.0 Å². The molecule has 2 N–H and O–H groups in total. The van der Waals surface area contributed by atoms with Crippen LogP contribution in [-0.4, -0.2) is 16.2 Å². The van der Waals surface area contributed by atoms with Gasteiger partial charge in [0.15, 0.2) is 0 Å². The summed E-state index contributed by atoms with van der Waals surface area (Å²) in [5.41, 5.74) is 0.807. The van der Waals surface area contributed by atoms with E-state index in [0.29, 0.717) is 4.88 Å². The van der Waals surface area contributed by atoms with Crippen molar-refractivity contribution < 1.29 is 15.0 Å². The van der Waals surface area contributed by atoms with Gasteiger partial charge in [-0.25, -0.2) is 4.79 Å². The van der Waals surface area contributed by atoms with E-state index in [9.17, 15) is 9.90 Å². The van der Waals surface area contributed by atoms with Crippen LogP contribution in [0, 0.1) is 0 Å². The topological polar surface area (TPSA) is 57.5 Å². The monoisotopic (exact) mass is 222 g/mol. The van der Waals surface area contributed by atoms with Crippen molar-refractivity contribution in [2.75, 3.05) is 0 Å². The van der Waals surface area contributed by atoms with E-state index in [2.05, 4.69) is 0 Å². The van der Waals surface area contributed by atoms with E-state index in [1.54, 1.807) is 13.0 Å². The quantitative estimate of drug-likeness (QED) is 0.821. The summed E-state index contributed by atoms with van der Waals surface area (Å²) in [6.45, 7) is 1.69. The molecule has 0 aliphatic carbocycles.